The van der Waals surface area contributed by atoms with Crippen molar-refractivity contribution in [3.8, 4) is 0 Å². The number of benzene rings is 2. The SMILES string of the molecule is CC(NCC1CCN(c2ccc(F)c(F)c2)C1)c1cccc(CO)c1. The number of hydrogen-bond acceptors (Lipinski definition) is 3. The Morgan fingerprint density at radius 2 is 2.04 bits per heavy atom. The molecule has 3 rings (SSSR count). The lowest BCUT2D eigenvalue weighted by Gasteiger charge is -2.20. The Hall–Kier alpha value is -1.98. The van der Waals surface area contributed by atoms with E-state index in [1.807, 2.05) is 18.2 Å². The molecule has 1 saturated heterocycles. The molecule has 134 valence electrons. The minimum atomic E-state index is -0.805. The van der Waals surface area contributed by atoms with Gasteiger partial charge >= 0.3 is 0 Å². The van der Waals surface area contributed by atoms with E-state index in [0.717, 1.165) is 42.9 Å². The van der Waals surface area contributed by atoms with E-state index < -0.39 is 11.6 Å². The number of nitrogens with zero attached hydrogens (tertiary/aromatic N) is 1. The second-order valence-electron chi connectivity index (χ2n) is 6.73. The van der Waals surface area contributed by atoms with Crippen LogP contribution in [-0.4, -0.2) is 24.7 Å². The third-order valence-electron chi connectivity index (χ3n) is 4.90. The van der Waals surface area contributed by atoms with Crippen LogP contribution in [-0.2, 0) is 6.61 Å². The molecule has 1 heterocycles. The van der Waals surface area contributed by atoms with Crippen molar-refractivity contribution in [1.29, 1.82) is 0 Å². The van der Waals surface area contributed by atoms with Gasteiger partial charge in [-0.2, -0.15) is 0 Å². The van der Waals surface area contributed by atoms with E-state index in [0.29, 0.717) is 5.92 Å². The smallest absolute Gasteiger partial charge is 0.160 e. The molecule has 25 heavy (non-hydrogen) atoms. The summed E-state index contributed by atoms with van der Waals surface area (Å²) in [4.78, 5) is 2.10. The molecule has 1 aliphatic heterocycles. The number of nitrogens with one attached hydrogen (secondary N) is 1. The highest BCUT2D eigenvalue weighted by atomic mass is 19.2. The van der Waals surface area contributed by atoms with Gasteiger partial charge in [-0.05, 0) is 42.5 Å². The lowest BCUT2D eigenvalue weighted by Crippen LogP contribution is -2.28. The van der Waals surface area contributed by atoms with Crippen LogP contribution in [0.2, 0.25) is 0 Å². The molecule has 2 N–H and O–H groups in total. The average Bonchev–Trinajstić information content (AvgIpc) is 3.11. The summed E-state index contributed by atoms with van der Waals surface area (Å²) >= 11 is 0. The second-order valence-corrected chi connectivity index (χ2v) is 6.73. The molecule has 0 spiro atoms. The maximum absolute atomic E-state index is 13.4. The van der Waals surface area contributed by atoms with Crippen LogP contribution in [0.5, 0.6) is 0 Å². The predicted octanol–water partition coefficient (Wildman–Crippen LogP) is 3.63. The molecule has 0 aliphatic carbocycles. The van der Waals surface area contributed by atoms with Gasteiger partial charge in [0.25, 0.3) is 0 Å². The molecule has 2 unspecified atom stereocenters. The molecule has 5 heteroatoms. The number of aliphatic hydroxyl groups excluding tert-OH is 1. The molecule has 2 aromatic rings. The van der Waals surface area contributed by atoms with E-state index in [1.165, 1.54) is 12.1 Å². The predicted molar refractivity (Wildman–Crippen MR) is 95.5 cm³/mol. The van der Waals surface area contributed by atoms with E-state index in [9.17, 15) is 13.9 Å². The van der Waals surface area contributed by atoms with E-state index in [-0.39, 0.29) is 12.6 Å². The fourth-order valence-electron chi connectivity index (χ4n) is 3.34. The third-order valence-corrected chi connectivity index (χ3v) is 4.90. The summed E-state index contributed by atoms with van der Waals surface area (Å²) in [5.74, 6) is -1.13. The van der Waals surface area contributed by atoms with Gasteiger partial charge < -0.3 is 15.3 Å². The Morgan fingerprint density at radius 3 is 2.80 bits per heavy atom. The molecule has 2 atom stereocenters. The molecule has 2 aromatic carbocycles. The first-order valence-electron chi connectivity index (χ1n) is 8.70. The van der Waals surface area contributed by atoms with Crippen LogP contribution >= 0.6 is 0 Å². The maximum atomic E-state index is 13.4. The van der Waals surface area contributed by atoms with Gasteiger partial charge in [0.15, 0.2) is 11.6 Å². The summed E-state index contributed by atoms with van der Waals surface area (Å²) in [6, 6.07) is 12.2. The maximum Gasteiger partial charge on any atom is 0.160 e. The van der Waals surface area contributed by atoms with Gasteiger partial charge in [-0.25, -0.2) is 8.78 Å². The van der Waals surface area contributed by atoms with Crippen molar-refractivity contribution < 1.29 is 13.9 Å². The Bertz CT molecular complexity index is 723. The Morgan fingerprint density at radius 1 is 1.20 bits per heavy atom. The number of halogens is 2. The first kappa shape index (κ1) is 17.8. The van der Waals surface area contributed by atoms with E-state index >= 15 is 0 Å². The molecule has 1 aliphatic rings. The van der Waals surface area contributed by atoms with Crippen LogP contribution in [0.15, 0.2) is 42.5 Å². The molecule has 0 radical (unpaired) electrons. The summed E-state index contributed by atoms with van der Waals surface area (Å²) < 4.78 is 26.5. The third kappa shape index (κ3) is 4.35. The molecule has 0 bridgehead atoms. The van der Waals surface area contributed by atoms with Crippen LogP contribution in [0.4, 0.5) is 14.5 Å². The van der Waals surface area contributed by atoms with E-state index in [2.05, 4.69) is 23.2 Å². The summed E-state index contributed by atoms with van der Waals surface area (Å²) in [6.07, 6.45) is 1.02. The first-order valence-corrected chi connectivity index (χ1v) is 8.70. The van der Waals surface area contributed by atoms with Crippen molar-refractivity contribution in [3.05, 3.63) is 65.2 Å². The summed E-state index contributed by atoms with van der Waals surface area (Å²) in [5.41, 5.74) is 2.81. The van der Waals surface area contributed by atoms with Gasteiger partial charge in [0.05, 0.1) is 6.61 Å². The van der Waals surface area contributed by atoms with Crippen LogP contribution in [0, 0.1) is 17.6 Å². The molecule has 3 nitrogen and oxygen atoms in total. The van der Waals surface area contributed by atoms with Crippen LogP contribution in [0.3, 0.4) is 0 Å². The molecular formula is C20H24F2N2O. The normalized spacial score (nSPS) is 18.6. The quantitative estimate of drug-likeness (QED) is 0.838. The van der Waals surface area contributed by atoms with E-state index in [4.69, 9.17) is 0 Å². The highest BCUT2D eigenvalue weighted by Gasteiger charge is 2.23. The van der Waals surface area contributed by atoms with Gasteiger partial charge in [0.2, 0.25) is 0 Å². The molecule has 1 fully saturated rings. The zero-order valence-corrected chi connectivity index (χ0v) is 14.4. The van der Waals surface area contributed by atoms with Crippen molar-refractivity contribution in [2.24, 2.45) is 5.92 Å². The Balaban J connectivity index is 1.53. The zero-order valence-electron chi connectivity index (χ0n) is 14.4. The number of rotatable bonds is 6. The highest BCUT2D eigenvalue weighted by molar-refractivity contribution is 5.47. The van der Waals surface area contributed by atoms with Gasteiger partial charge in [-0.15, -0.1) is 0 Å². The number of hydrogen-bond donors (Lipinski definition) is 2. The Labute approximate surface area is 147 Å². The molecule has 0 amide bonds. The monoisotopic (exact) mass is 346 g/mol. The fraction of sp³-hybridized carbons (Fsp3) is 0.400. The standard InChI is InChI=1S/C20H24F2N2O/c1-14(17-4-2-3-15(9-17)13-25)23-11-16-7-8-24(12-16)18-5-6-19(21)20(22)10-18/h2-6,9-10,14,16,23,25H,7-8,11-13H2,1H3. The van der Waals surface area contributed by atoms with Crippen molar-refractivity contribution in [2.45, 2.75) is 26.0 Å². The van der Waals surface area contributed by atoms with Gasteiger partial charge in [-0.3, -0.25) is 0 Å². The first-order chi connectivity index (χ1) is 12.1. The summed E-state index contributed by atoms with van der Waals surface area (Å²) in [7, 11) is 0. The van der Waals surface area contributed by atoms with Crippen molar-refractivity contribution in [3.63, 3.8) is 0 Å². The highest BCUT2D eigenvalue weighted by Crippen LogP contribution is 2.25. The van der Waals surface area contributed by atoms with Crippen LogP contribution in [0.1, 0.15) is 30.5 Å². The van der Waals surface area contributed by atoms with Gasteiger partial charge in [0, 0.05) is 37.4 Å². The number of aliphatic hydroxyl groups is 1. The lowest BCUT2D eigenvalue weighted by molar-refractivity contribution is 0.281. The molecular weight excluding hydrogens is 322 g/mol. The fourth-order valence-corrected chi connectivity index (χ4v) is 3.34. The van der Waals surface area contributed by atoms with Gasteiger partial charge in [0.1, 0.15) is 0 Å². The van der Waals surface area contributed by atoms with Gasteiger partial charge in [-0.1, -0.05) is 24.3 Å². The molecule has 0 aromatic heterocycles. The topological polar surface area (TPSA) is 35.5 Å². The molecule has 0 saturated carbocycles. The van der Waals surface area contributed by atoms with Crippen molar-refractivity contribution in [2.75, 3.05) is 24.5 Å². The summed E-state index contributed by atoms with van der Waals surface area (Å²) in [5, 5.41) is 12.8. The van der Waals surface area contributed by atoms with E-state index in [1.54, 1.807) is 6.07 Å². The van der Waals surface area contributed by atoms with Crippen molar-refractivity contribution in [1.82, 2.24) is 5.32 Å². The Kier molecular flexibility index (Phi) is 5.66. The van der Waals surface area contributed by atoms with Crippen LogP contribution in [0.25, 0.3) is 0 Å². The average molecular weight is 346 g/mol. The largest absolute Gasteiger partial charge is 0.392 e. The minimum absolute atomic E-state index is 0.0480. The summed E-state index contributed by atoms with van der Waals surface area (Å²) in [6.45, 7) is 4.71. The zero-order chi connectivity index (χ0) is 17.8. The van der Waals surface area contributed by atoms with Crippen molar-refractivity contribution >= 4 is 5.69 Å². The minimum Gasteiger partial charge on any atom is -0.392 e. The number of anilines is 1. The lowest BCUT2D eigenvalue weighted by atomic mass is 10.0. The second kappa shape index (κ2) is 7.93. The van der Waals surface area contributed by atoms with Crippen LogP contribution < -0.4 is 10.2 Å².